The van der Waals surface area contributed by atoms with Gasteiger partial charge in [0, 0.05) is 13.1 Å². The van der Waals surface area contributed by atoms with Crippen LogP contribution in [0.2, 0.25) is 0 Å². The van der Waals surface area contributed by atoms with Gasteiger partial charge >= 0.3 is 0 Å². The van der Waals surface area contributed by atoms with Crippen LogP contribution in [0.3, 0.4) is 0 Å². The SMILES string of the molecule is CCOc1ccc(OCCNC(=O)CSc2nnc(N3CCCCC3)n2-c2ccccc2)cc1. The molecule has 1 aromatic heterocycles. The number of piperidine rings is 1. The summed E-state index contributed by atoms with van der Waals surface area (Å²) in [5, 5.41) is 12.5. The van der Waals surface area contributed by atoms with Gasteiger partial charge in [-0.15, -0.1) is 10.2 Å². The normalized spacial score (nSPS) is 13.5. The first-order valence-electron chi connectivity index (χ1n) is 11.8. The highest BCUT2D eigenvalue weighted by molar-refractivity contribution is 7.99. The van der Waals surface area contributed by atoms with E-state index in [2.05, 4.69) is 25.0 Å². The maximum atomic E-state index is 12.4. The first kappa shape index (κ1) is 23.9. The van der Waals surface area contributed by atoms with Crippen LogP contribution in [0.4, 0.5) is 5.95 Å². The second kappa shape index (κ2) is 12.3. The number of thioether (sulfide) groups is 1. The largest absolute Gasteiger partial charge is 0.494 e. The molecule has 9 heteroatoms. The van der Waals surface area contributed by atoms with Crippen molar-refractivity contribution in [2.24, 2.45) is 0 Å². The molecule has 0 aliphatic carbocycles. The number of ether oxygens (including phenoxy) is 2. The van der Waals surface area contributed by atoms with Gasteiger partial charge in [0.05, 0.1) is 24.6 Å². The lowest BCUT2D eigenvalue weighted by Crippen LogP contribution is -2.32. The molecule has 0 saturated carbocycles. The molecule has 0 unspecified atom stereocenters. The minimum atomic E-state index is -0.0672. The number of rotatable bonds is 11. The predicted octanol–water partition coefficient (Wildman–Crippen LogP) is 3.94. The number of carbonyl (C=O) groups excluding carboxylic acids is 1. The third kappa shape index (κ3) is 6.44. The Morgan fingerprint density at radius 1 is 0.971 bits per heavy atom. The van der Waals surface area contributed by atoms with E-state index in [0.717, 1.165) is 49.1 Å². The summed E-state index contributed by atoms with van der Waals surface area (Å²) in [4.78, 5) is 14.7. The van der Waals surface area contributed by atoms with Crippen molar-refractivity contribution in [3.8, 4) is 17.2 Å². The summed E-state index contributed by atoms with van der Waals surface area (Å²) in [7, 11) is 0. The van der Waals surface area contributed by atoms with Crippen LogP contribution in [0, 0.1) is 0 Å². The molecule has 1 aliphatic rings. The fourth-order valence-corrected chi connectivity index (χ4v) is 4.57. The zero-order chi connectivity index (χ0) is 23.6. The minimum absolute atomic E-state index is 0.0672. The van der Waals surface area contributed by atoms with Crippen LogP contribution in [0.25, 0.3) is 5.69 Å². The Morgan fingerprint density at radius 3 is 2.38 bits per heavy atom. The summed E-state index contributed by atoms with van der Waals surface area (Å²) in [6, 6.07) is 17.5. The number of nitrogens with zero attached hydrogens (tertiary/aromatic N) is 4. The van der Waals surface area contributed by atoms with Crippen molar-refractivity contribution in [3.63, 3.8) is 0 Å². The zero-order valence-electron chi connectivity index (χ0n) is 19.5. The molecule has 0 atom stereocenters. The molecule has 1 fully saturated rings. The molecule has 8 nitrogen and oxygen atoms in total. The van der Waals surface area contributed by atoms with Crippen LogP contribution in [0.1, 0.15) is 26.2 Å². The van der Waals surface area contributed by atoms with E-state index >= 15 is 0 Å². The van der Waals surface area contributed by atoms with Gasteiger partial charge < -0.3 is 19.7 Å². The van der Waals surface area contributed by atoms with E-state index < -0.39 is 0 Å². The second-order valence-corrected chi connectivity index (χ2v) is 8.84. The van der Waals surface area contributed by atoms with Crippen molar-refractivity contribution in [1.82, 2.24) is 20.1 Å². The number of amides is 1. The number of hydrogen-bond acceptors (Lipinski definition) is 7. The highest BCUT2D eigenvalue weighted by Gasteiger charge is 2.22. The molecule has 0 radical (unpaired) electrons. The smallest absolute Gasteiger partial charge is 0.232 e. The molecule has 1 saturated heterocycles. The van der Waals surface area contributed by atoms with Gasteiger partial charge in [0.25, 0.3) is 0 Å². The van der Waals surface area contributed by atoms with E-state index in [1.807, 2.05) is 61.5 Å². The average Bonchev–Trinajstić information content (AvgIpc) is 3.31. The number of hydrogen-bond donors (Lipinski definition) is 1. The molecule has 1 N–H and O–H groups in total. The first-order chi connectivity index (χ1) is 16.7. The van der Waals surface area contributed by atoms with E-state index in [9.17, 15) is 4.79 Å². The van der Waals surface area contributed by atoms with Gasteiger partial charge in [0.2, 0.25) is 11.9 Å². The molecule has 4 rings (SSSR count). The highest BCUT2D eigenvalue weighted by Crippen LogP contribution is 2.28. The van der Waals surface area contributed by atoms with Gasteiger partial charge in [-0.05, 0) is 62.6 Å². The van der Waals surface area contributed by atoms with Gasteiger partial charge in [0.15, 0.2) is 5.16 Å². The quantitative estimate of drug-likeness (QED) is 0.328. The van der Waals surface area contributed by atoms with Crippen molar-refractivity contribution in [1.29, 1.82) is 0 Å². The molecule has 34 heavy (non-hydrogen) atoms. The first-order valence-corrected chi connectivity index (χ1v) is 12.7. The maximum Gasteiger partial charge on any atom is 0.232 e. The molecule has 1 aliphatic heterocycles. The predicted molar refractivity (Wildman–Crippen MR) is 134 cm³/mol. The average molecular weight is 482 g/mol. The lowest BCUT2D eigenvalue weighted by molar-refractivity contribution is -0.118. The third-order valence-electron chi connectivity index (χ3n) is 5.43. The van der Waals surface area contributed by atoms with Crippen LogP contribution in [0.5, 0.6) is 11.5 Å². The monoisotopic (exact) mass is 481 g/mol. The Balaban J connectivity index is 1.29. The Morgan fingerprint density at radius 2 is 1.68 bits per heavy atom. The van der Waals surface area contributed by atoms with Gasteiger partial charge in [-0.1, -0.05) is 30.0 Å². The topological polar surface area (TPSA) is 81.5 Å². The van der Waals surface area contributed by atoms with Crippen molar-refractivity contribution < 1.29 is 14.3 Å². The maximum absolute atomic E-state index is 12.4. The van der Waals surface area contributed by atoms with Gasteiger partial charge in [-0.25, -0.2) is 0 Å². The van der Waals surface area contributed by atoms with E-state index in [4.69, 9.17) is 9.47 Å². The summed E-state index contributed by atoms with van der Waals surface area (Å²) in [6.45, 7) is 5.35. The number of benzene rings is 2. The number of carbonyl (C=O) groups is 1. The summed E-state index contributed by atoms with van der Waals surface area (Å²) < 4.78 is 13.2. The number of para-hydroxylation sites is 1. The molecule has 2 aromatic carbocycles. The zero-order valence-corrected chi connectivity index (χ0v) is 20.3. The Kier molecular flexibility index (Phi) is 8.67. The lowest BCUT2D eigenvalue weighted by atomic mass is 10.1. The Hall–Kier alpha value is -3.20. The molecule has 3 aromatic rings. The summed E-state index contributed by atoms with van der Waals surface area (Å²) in [6.07, 6.45) is 3.57. The molecular weight excluding hydrogens is 450 g/mol. The number of nitrogens with one attached hydrogen (secondary N) is 1. The van der Waals surface area contributed by atoms with Gasteiger partial charge in [-0.2, -0.15) is 0 Å². The fraction of sp³-hybridized carbons (Fsp3) is 0.400. The number of aromatic nitrogens is 3. The summed E-state index contributed by atoms with van der Waals surface area (Å²) in [5.41, 5.74) is 1.000. The fourth-order valence-electron chi connectivity index (χ4n) is 3.80. The van der Waals surface area contributed by atoms with E-state index in [1.165, 1.54) is 18.2 Å². The highest BCUT2D eigenvalue weighted by atomic mass is 32.2. The summed E-state index contributed by atoms with van der Waals surface area (Å²) in [5.74, 6) is 2.59. The molecule has 2 heterocycles. The van der Waals surface area contributed by atoms with E-state index in [0.29, 0.717) is 24.9 Å². The van der Waals surface area contributed by atoms with E-state index in [-0.39, 0.29) is 11.7 Å². The van der Waals surface area contributed by atoms with Crippen LogP contribution in [-0.2, 0) is 4.79 Å². The third-order valence-corrected chi connectivity index (χ3v) is 6.36. The molecule has 180 valence electrons. The van der Waals surface area contributed by atoms with Gasteiger partial charge in [-0.3, -0.25) is 9.36 Å². The van der Waals surface area contributed by atoms with Crippen molar-refractivity contribution >= 4 is 23.6 Å². The molecular formula is C25H31N5O3S. The number of anilines is 1. The van der Waals surface area contributed by atoms with Crippen molar-refractivity contribution in [2.75, 3.05) is 43.5 Å². The minimum Gasteiger partial charge on any atom is -0.494 e. The molecule has 0 bridgehead atoms. The van der Waals surface area contributed by atoms with Crippen molar-refractivity contribution in [3.05, 3.63) is 54.6 Å². The Labute approximate surface area is 204 Å². The van der Waals surface area contributed by atoms with Crippen LogP contribution in [-0.4, -0.2) is 59.3 Å². The van der Waals surface area contributed by atoms with Crippen LogP contribution < -0.4 is 19.7 Å². The van der Waals surface area contributed by atoms with Crippen molar-refractivity contribution in [2.45, 2.75) is 31.3 Å². The van der Waals surface area contributed by atoms with Gasteiger partial charge in [0.1, 0.15) is 18.1 Å². The van der Waals surface area contributed by atoms with Crippen LogP contribution in [0.15, 0.2) is 59.8 Å². The van der Waals surface area contributed by atoms with E-state index in [1.54, 1.807) is 0 Å². The second-order valence-electron chi connectivity index (χ2n) is 7.89. The van der Waals surface area contributed by atoms with Crippen LogP contribution >= 0.6 is 11.8 Å². The standard InChI is InChI=1S/C25H31N5O3S/c1-2-32-21-11-13-22(14-12-21)33-18-15-26-23(31)19-34-25-28-27-24(29-16-7-4-8-17-29)30(25)20-9-5-3-6-10-20/h3,5-6,9-14H,2,4,7-8,15-19H2,1H3,(H,26,31). The Bertz CT molecular complexity index is 1040. The lowest BCUT2D eigenvalue weighted by Gasteiger charge is -2.27. The molecule has 1 amide bonds. The summed E-state index contributed by atoms with van der Waals surface area (Å²) >= 11 is 1.39. The molecule has 0 spiro atoms.